The molecule has 0 spiro atoms. The second-order valence-electron chi connectivity index (χ2n) is 5.75. The van der Waals surface area contributed by atoms with E-state index in [1.807, 2.05) is 32.0 Å². The van der Waals surface area contributed by atoms with Crippen LogP contribution in [0.2, 0.25) is 0 Å². The molecule has 0 bridgehead atoms. The van der Waals surface area contributed by atoms with Crippen LogP contribution in [0.15, 0.2) is 42.5 Å². The van der Waals surface area contributed by atoms with Crippen molar-refractivity contribution < 1.29 is 19.0 Å². The molecule has 0 radical (unpaired) electrons. The third-order valence-corrected chi connectivity index (χ3v) is 3.96. The second-order valence-corrected chi connectivity index (χ2v) is 6.16. The summed E-state index contributed by atoms with van der Waals surface area (Å²) in [6.45, 7) is 7.70. The number of anilines is 1. The number of esters is 1. The topological polar surface area (TPSA) is 68.8 Å². The lowest BCUT2D eigenvalue weighted by atomic mass is 10.2. The number of benzene rings is 2. The van der Waals surface area contributed by atoms with Crippen LogP contribution in [0.5, 0.6) is 11.5 Å². The first-order valence-electron chi connectivity index (χ1n) is 9.27. The molecule has 0 amide bonds. The number of carbonyl (C=O) groups excluding carboxylic acids is 1. The molecule has 150 valence electrons. The van der Waals surface area contributed by atoms with Crippen LogP contribution in [0.4, 0.5) is 5.69 Å². The zero-order valence-electron chi connectivity index (χ0n) is 16.4. The van der Waals surface area contributed by atoms with Crippen molar-refractivity contribution in [3.63, 3.8) is 0 Å². The molecule has 2 N–H and O–H groups in total. The van der Waals surface area contributed by atoms with Gasteiger partial charge in [0, 0.05) is 12.2 Å². The molecule has 7 heteroatoms. The highest BCUT2D eigenvalue weighted by Crippen LogP contribution is 2.28. The molecule has 6 nitrogen and oxygen atoms in total. The van der Waals surface area contributed by atoms with E-state index in [1.54, 1.807) is 31.2 Å². The van der Waals surface area contributed by atoms with Crippen molar-refractivity contribution in [3.05, 3.63) is 53.6 Å². The average Bonchev–Trinajstić information content (AvgIpc) is 2.69. The summed E-state index contributed by atoms with van der Waals surface area (Å²) >= 11 is 5.34. The predicted molar refractivity (Wildman–Crippen MR) is 114 cm³/mol. The van der Waals surface area contributed by atoms with Gasteiger partial charge in [-0.1, -0.05) is 6.07 Å². The van der Waals surface area contributed by atoms with Gasteiger partial charge < -0.3 is 24.8 Å². The predicted octanol–water partition coefficient (Wildman–Crippen LogP) is 4.15. The third-order valence-electron chi connectivity index (χ3n) is 3.71. The molecule has 2 aromatic rings. The Balaban J connectivity index is 1.91. The van der Waals surface area contributed by atoms with Gasteiger partial charge in [-0.3, -0.25) is 0 Å². The number of hydrogen-bond acceptors (Lipinski definition) is 5. The van der Waals surface area contributed by atoms with Crippen molar-refractivity contribution in [1.29, 1.82) is 0 Å². The SMILES string of the molecule is CCOC(=O)c1ccc(NC(=S)NCc2ccc(OCC)c(OCC)c2)cc1. The Labute approximate surface area is 171 Å². The molecule has 0 fully saturated rings. The van der Waals surface area contributed by atoms with Gasteiger partial charge in [-0.15, -0.1) is 0 Å². The fourth-order valence-corrected chi connectivity index (χ4v) is 2.66. The van der Waals surface area contributed by atoms with Crippen molar-refractivity contribution in [1.82, 2.24) is 5.32 Å². The maximum absolute atomic E-state index is 11.7. The van der Waals surface area contributed by atoms with Crippen molar-refractivity contribution in [2.45, 2.75) is 27.3 Å². The molecule has 0 aromatic heterocycles. The van der Waals surface area contributed by atoms with Gasteiger partial charge in [-0.25, -0.2) is 4.79 Å². The molecule has 0 saturated carbocycles. The van der Waals surface area contributed by atoms with Gasteiger partial charge in [-0.05, 0) is 75.0 Å². The minimum atomic E-state index is -0.338. The van der Waals surface area contributed by atoms with Gasteiger partial charge in [-0.2, -0.15) is 0 Å². The van der Waals surface area contributed by atoms with Crippen LogP contribution in [0.1, 0.15) is 36.7 Å². The van der Waals surface area contributed by atoms with Crippen molar-refractivity contribution in [2.24, 2.45) is 0 Å². The highest BCUT2D eigenvalue weighted by atomic mass is 32.1. The van der Waals surface area contributed by atoms with E-state index in [9.17, 15) is 4.79 Å². The van der Waals surface area contributed by atoms with Crippen LogP contribution in [0, 0.1) is 0 Å². The molecular weight excluding hydrogens is 376 g/mol. The zero-order valence-corrected chi connectivity index (χ0v) is 17.2. The Bertz CT molecular complexity index is 793. The van der Waals surface area contributed by atoms with E-state index < -0.39 is 0 Å². The van der Waals surface area contributed by atoms with E-state index in [0.29, 0.717) is 37.0 Å². The molecule has 28 heavy (non-hydrogen) atoms. The maximum atomic E-state index is 11.7. The van der Waals surface area contributed by atoms with Gasteiger partial charge in [0.25, 0.3) is 0 Å². The van der Waals surface area contributed by atoms with Crippen molar-refractivity contribution in [2.75, 3.05) is 25.1 Å². The van der Waals surface area contributed by atoms with E-state index in [-0.39, 0.29) is 5.97 Å². The summed E-state index contributed by atoms with van der Waals surface area (Å²) in [7, 11) is 0. The van der Waals surface area contributed by atoms with Crippen LogP contribution in [-0.2, 0) is 11.3 Å². The van der Waals surface area contributed by atoms with E-state index in [4.69, 9.17) is 26.4 Å². The maximum Gasteiger partial charge on any atom is 0.338 e. The van der Waals surface area contributed by atoms with E-state index >= 15 is 0 Å². The summed E-state index contributed by atoms with van der Waals surface area (Å²) in [6.07, 6.45) is 0. The largest absolute Gasteiger partial charge is 0.490 e. The minimum Gasteiger partial charge on any atom is -0.490 e. The van der Waals surface area contributed by atoms with Crippen molar-refractivity contribution in [3.8, 4) is 11.5 Å². The standard InChI is InChI=1S/C21H26N2O4S/c1-4-25-18-12-7-15(13-19(18)26-5-2)14-22-21(28)23-17-10-8-16(9-11-17)20(24)27-6-3/h7-13H,4-6,14H2,1-3H3,(H2,22,23,28). The van der Waals surface area contributed by atoms with Crippen molar-refractivity contribution >= 4 is 29.0 Å². The molecule has 0 atom stereocenters. The van der Waals surface area contributed by atoms with Gasteiger partial charge in [0.1, 0.15) is 0 Å². The molecule has 2 aromatic carbocycles. The Morgan fingerprint density at radius 3 is 2.25 bits per heavy atom. The monoisotopic (exact) mass is 402 g/mol. The summed E-state index contributed by atoms with van der Waals surface area (Å²) in [5, 5.41) is 6.73. The van der Waals surface area contributed by atoms with Crippen LogP contribution < -0.4 is 20.1 Å². The summed E-state index contributed by atoms with van der Waals surface area (Å²) in [6, 6.07) is 12.8. The molecule has 0 saturated heterocycles. The van der Waals surface area contributed by atoms with E-state index in [1.165, 1.54) is 0 Å². The number of carbonyl (C=O) groups is 1. The number of ether oxygens (including phenoxy) is 3. The molecule has 0 unspecified atom stereocenters. The molecule has 0 aliphatic heterocycles. The van der Waals surface area contributed by atoms with Crippen LogP contribution >= 0.6 is 12.2 Å². The fourth-order valence-electron chi connectivity index (χ4n) is 2.47. The Hall–Kier alpha value is -2.80. The molecular formula is C21H26N2O4S. The lowest BCUT2D eigenvalue weighted by molar-refractivity contribution is 0.0526. The van der Waals surface area contributed by atoms with Crippen LogP contribution in [0.3, 0.4) is 0 Å². The highest BCUT2D eigenvalue weighted by Gasteiger charge is 2.08. The first-order chi connectivity index (χ1) is 13.6. The minimum absolute atomic E-state index is 0.338. The smallest absolute Gasteiger partial charge is 0.338 e. The molecule has 0 aliphatic carbocycles. The fraction of sp³-hybridized carbons (Fsp3) is 0.333. The van der Waals surface area contributed by atoms with Crippen LogP contribution in [-0.4, -0.2) is 30.9 Å². The molecule has 2 rings (SSSR count). The number of thiocarbonyl (C=S) groups is 1. The molecule has 0 heterocycles. The van der Waals surface area contributed by atoms with Gasteiger partial charge in [0.15, 0.2) is 16.6 Å². The number of hydrogen-bond donors (Lipinski definition) is 2. The Morgan fingerprint density at radius 1 is 0.929 bits per heavy atom. The van der Waals surface area contributed by atoms with E-state index in [2.05, 4.69) is 10.6 Å². The second kappa shape index (κ2) is 11.1. The summed E-state index contributed by atoms with van der Waals surface area (Å²) in [5.74, 6) is 1.11. The Kier molecular flexibility index (Phi) is 8.55. The quantitative estimate of drug-likeness (QED) is 0.482. The highest BCUT2D eigenvalue weighted by molar-refractivity contribution is 7.80. The average molecular weight is 403 g/mol. The molecule has 0 aliphatic rings. The van der Waals surface area contributed by atoms with Crippen LogP contribution in [0.25, 0.3) is 0 Å². The third kappa shape index (κ3) is 6.42. The van der Waals surface area contributed by atoms with Gasteiger partial charge >= 0.3 is 5.97 Å². The Morgan fingerprint density at radius 2 is 1.61 bits per heavy atom. The summed E-state index contributed by atoms with van der Waals surface area (Å²) < 4.78 is 16.2. The van der Waals surface area contributed by atoms with E-state index in [0.717, 1.165) is 22.7 Å². The number of rotatable bonds is 9. The first kappa shape index (κ1) is 21.5. The van der Waals surface area contributed by atoms with Gasteiger partial charge in [0.2, 0.25) is 0 Å². The first-order valence-corrected chi connectivity index (χ1v) is 9.68. The lowest BCUT2D eigenvalue weighted by Crippen LogP contribution is -2.27. The number of nitrogens with one attached hydrogen (secondary N) is 2. The zero-order chi connectivity index (χ0) is 20.4. The normalized spacial score (nSPS) is 10.1. The lowest BCUT2D eigenvalue weighted by Gasteiger charge is -2.14. The van der Waals surface area contributed by atoms with Gasteiger partial charge in [0.05, 0.1) is 25.4 Å². The summed E-state index contributed by atoms with van der Waals surface area (Å²) in [4.78, 5) is 11.7. The summed E-state index contributed by atoms with van der Waals surface area (Å²) in [5.41, 5.74) is 2.31.